The van der Waals surface area contributed by atoms with Gasteiger partial charge in [-0.2, -0.15) is 0 Å². The van der Waals surface area contributed by atoms with Gasteiger partial charge in [0.2, 0.25) is 12.5 Å². The van der Waals surface area contributed by atoms with Crippen molar-refractivity contribution in [3.05, 3.63) is 53.0 Å². The fourth-order valence-corrected chi connectivity index (χ4v) is 6.87. The highest BCUT2D eigenvalue weighted by Crippen LogP contribution is 2.57. The minimum Gasteiger partial charge on any atom is -0.502 e. The SMILES string of the molecule is C/C=C1/OC[C@H]2O[C@@H](O[C@@H]3c4cc5c(cc4[C@@H](c4cc(OC)c(O)c(OC)c4)[C@H]4C(O)OC[C@@H]43)OCO5)[C@H](O)[C@H](O)[C@@H]2O1. The van der Waals surface area contributed by atoms with Gasteiger partial charge in [0.05, 0.1) is 26.9 Å². The van der Waals surface area contributed by atoms with E-state index in [-0.39, 0.29) is 43.2 Å². The molecule has 13 nitrogen and oxygen atoms in total. The zero-order chi connectivity index (χ0) is 30.0. The molecule has 0 saturated carbocycles. The summed E-state index contributed by atoms with van der Waals surface area (Å²) in [7, 11) is 2.89. The van der Waals surface area contributed by atoms with Crippen LogP contribution in [-0.2, 0) is 23.7 Å². The van der Waals surface area contributed by atoms with Gasteiger partial charge >= 0.3 is 0 Å². The Balaban J connectivity index is 1.30. The first-order valence-corrected chi connectivity index (χ1v) is 14.1. The molecule has 0 amide bonds. The third-order valence-corrected chi connectivity index (χ3v) is 8.94. The number of ether oxygens (including phenoxy) is 9. The van der Waals surface area contributed by atoms with Crippen molar-refractivity contribution < 1.29 is 63.1 Å². The Morgan fingerprint density at radius 3 is 2.26 bits per heavy atom. The van der Waals surface area contributed by atoms with Crippen LogP contribution in [0.15, 0.2) is 36.3 Å². The van der Waals surface area contributed by atoms with Gasteiger partial charge in [-0.05, 0) is 54.0 Å². The van der Waals surface area contributed by atoms with E-state index >= 15 is 0 Å². The van der Waals surface area contributed by atoms with E-state index in [1.165, 1.54) is 14.2 Å². The van der Waals surface area contributed by atoms with E-state index in [0.29, 0.717) is 22.6 Å². The molecule has 0 spiro atoms. The average Bonchev–Trinajstić information content (AvgIpc) is 3.65. The molecule has 0 radical (unpaired) electrons. The molecule has 3 saturated heterocycles. The maximum absolute atomic E-state index is 11.2. The van der Waals surface area contributed by atoms with Gasteiger partial charge in [-0.1, -0.05) is 0 Å². The second-order valence-corrected chi connectivity index (χ2v) is 11.1. The summed E-state index contributed by atoms with van der Waals surface area (Å²) >= 11 is 0. The lowest BCUT2D eigenvalue weighted by atomic mass is 9.65. The molecule has 10 atom stereocenters. The summed E-state index contributed by atoms with van der Waals surface area (Å²) in [5.74, 6) is 0.141. The Morgan fingerprint density at radius 2 is 1.58 bits per heavy atom. The number of rotatable bonds is 5. The lowest BCUT2D eigenvalue weighted by molar-refractivity contribution is -0.336. The van der Waals surface area contributed by atoms with Crippen LogP contribution in [0, 0.1) is 11.8 Å². The summed E-state index contributed by atoms with van der Waals surface area (Å²) in [5.41, 5.74) is 2.16. The predicted molar refractivity (Wildman–Crippen MR) is 144 cm³/mol. The minimum atomic E-state index is -1.44. The van der Waals surface area contributed by atoms with Crippen molar-refractivity contribution >= 4 is 0 Å². The molecule has 7 rings (SSSR count). The lowest BCUT2D eigenvalue weighted by Crippen LogP contribution is -2.62. The van der Waals surface area contributed by atoms with E-state index in [1.807, 2.05) is 12.1 Å². The molecule has 1 unspecified atom stereocenters. The number of aliphatic hydroxyl groups excluding tert-OH is 3. The quantitative estimate of drug-likeness (QED) is 0.391. The molecule has 4 aliphatic heterocycles. The molecular formula is C30H34O13. The summed E-state index contributed by atoms with van der Waals surface area (Å²) in [4.78, 5) is 0. The third-order valence-electron chi connectivity index (χ3n) is 8.94. The first kappa shape index (κ1) is 28.3. The van der Waals surface area contributed by atoms with Crippen molar-refractivity contribution in [3.8, 4) is 28.7 Å². The maximum Gasteiger partial charge on any atom is 0.275 e. The van der Waals surface area contributed by atoms with Gasteiger partial charge in [-0.3, -0.25) is 0 Å². The molecule has 0 aromatic heterocycles. The molecule has 43 heavy (non-hydrogen) atoms. The van der Waals surface area contributed by atoms with Crippen molar-refractivity contribution in [2.24, 2.45) is 11.8 Å². The van der Waals surface area contributed by atoms with Crippen molar-refractivity contribution in [2.45, 2.75) is 55.9 Å². The number of benzene rings is 2. The molecule has 0 bridgehead atoms. The van der Waals surface area contributed by atoms with Crippen molar-refractivity contribution in [3.63, 3.8) is 0 Å². The van der Waals surface area contributed by atoms with Gasteiger partial charge in [-0.15, -0.1) is 0 Å². The van der Waals surface area contributed by atoms with Crippen LogP contribution in [0.2, 0.25) is 0 Å². The number of allylic oxidation sites excluding steroid dienone is 1. The van der Waals surface area contributed by atoms with Gasteiger partial charge in [0.1, 0.15) is 24.9 Å². The zero-order valence-corrected chi connectivity index (χ0v) is 23.7. The Labute approximate surface area is 247 Å². The number of aliphatic hydroxyl groups is 3. The molecule has 4 heterocycles. The van der Waals surface area contributed by atoms with Crippen LogP contribution >= 0.6 is 0 Å². The summed E-state index contributed by atoms with van der Waals surface area (Å²) < 4.78 is 52.0. The monoisotopic (exact) mass is 602 g/mol. The molecule has 13 heteroatoms. The fraction of sp³-hybridized carbons (Fsp3) is 0.533. The van der Waals surface area contributed by atoms with Gasteiger partial charge < -0.3 is 63.1 Å². The first-order valence-electron chi connectivity index (χ1n) is 14.1. The average molecular weight is 603 g/mol. The predicted octanol–water partition coefficient (Wildman–Crippen LogP) is 1.65. The third kappa shape index (κ3) is 4.53. The number of fused-ring (bicyclic) bond motifs is 4. The summed E-state index contributed by atoms with van der Waals surface area (Å²) in [6, 6.07) is 7.07. The highest BCUT2D eigenvalue weighted by molar-refractivity contribution is 5.58. The molecule has 1 aliphatic carbocycles. The van der Waals surface area contributed by atoms with E-state index in [9.17, 15) is 20.4 Å². The normalized spacial score (nSPS) is 36.7. The first-order chi connectivity index (χ1) is 20.8. The number of hydrogen-bond acceptors (Lipinski definition) is 13. The van der Waals surface area contributed by atoms with Gasteiger partial charge in [0.15, 0.2) is 41.7 Å². The van der Waals surface area contributed by atoms with Crippen LogP contribution in [0.3, 0.4) is 0 Å². The minimum absolute atomic E-state index is 0.0434. The second-order valence-electron chi connectivity index (χ2n) is 11.1. The lowest BCUT2D eigenvalue weighted by Gasteiger charge is -2.47. The van der Waals surface area contributed by atoms with Crippen molar-refractivity contribution in [1.29, 1.82) is 0 Å². The number of methoxy groups -OCH3 is 2. The number of aromatic hydroxyl groups is 1. The van der Waals surface area contributed by atoms with E-state index in [4.69, 9.17) is 42.6 Å². The Kier molecular flexibility index (Phi) is 7.19. The molecule has 2 aromatic carbocycles. The van der Waals surface area contributed by atoms with Crippen LogP contribution in [-0.4, -0.2) is 91.6 Å². The van der Waals surface area contributed by atoms with Crippen LogP contribution < -0.4 is 18.9 Å². The van der Waals surface area contributed by atoms with Crippen LogP contribution in [0.4, 0.5) is 0 Å². The highest BCUT2D eigenvalue weighted by Gasteiger charge is 2.55. The van der Waals surface area contributed by atoms with Gasteiger partial charge in [-0.25, -0.2) is 0 Å². The van der Waals surface area contributed by atoms with Crippen LogP contribution in [0.25, 0.3) is 0 Å². The van der Waals surface area contributed by atoms with E-state index in [2.05, 4.69) is 0 Å². The standard InChI is InChI=1S/C30H34O13/c1-4-21-37-10-20-28(42-21)25(32)26(33)30(41-20)43-27-14-8-17-16(39-11-40-17)7-13(14)22(23-15(27)9-38-29(23)34)12-5-18(35-2)24(31)19(6-12)36-3/h4-8,15,20,22-23,25-34H,9-11H2,1-3H3/b21-4-/t15-,20+,22+,23-,25-,26+,27+,28+,29?,30-/m0/s1. The summed E-state index contributed by atoms with van der Waals surface area (Å²) in [5, 5.41) is 43.9. The molecule has 2 aromatic rings. The topological polar surface area (TPSA) is 164 Å². The Bertz CT molecular complexity index is 1380. The Morgan fingerprint density at radius 1 is 0.884 bits per heavy atom. The number of phenols is 1. The van der Waals surface area contributed by atoms with Crippen LogP contribution in [0.5, 0.6) is 28.7 Å². The molecule has 5 aliphatic rings. The number of phenolic OH excluding ortho intramolecular Hbond substituents is 1. The maximum atomic E-state index is 11.2. The van der Waals surface area contributed by atoms with Gasteiger partial charge in [0.25, 0.3) is 5.95 Å². The van der Waals surface area contributed by atoms with Gasteiger partial charge in [0, 0.05) is 17.8 Å². The molecule has 4 N–H and O–H groups in total. The fourth-order valence-electron chi connectivity index (χ4n) is 6.87. The van der Waals surface area contributed by atoms with E-state index in [1.54, 1.807) is 25.1 Å². The smallest absolute Gasteiger partial charge is 0.275 e. The molecular weight excluding hydrogens is 568 g/mol. The van der Waals surface area contributed by atoms with Crippen molar-refractivity contribution in [1.82, 2.24) is 0 Å². The zero-order valence-electron chi connectivity index (χ0n) is 23.7. The summed E-state index contributed by atoms with van der Waals surface area (Å²) in [6.07, 6.45) is -5.82. The largest absolute Gasteiger partial charge is 0.502 e. The molecule has 3 fully saturated rings. The highest BCUT2D eigenvalue weighted by atomic mass is 16.8. The Hall–Kier alpha value is -3.46. The number of hydrogen-bond donors (Lipinski definition) is 4. The summed E-state index contributed by atoms with van der Waals surface area (Å²) in [6.45, 7) is 2.03. The van der Waals surface area contributed by atoms with Crippen molar-refractivity contribution in [2.75, 3.05) is 34.2 Å². The molecule has 232 valence electrons. The second kappa shape index (κ2) is 10.9. The van der Waals surface area contributed by atoms with E-state index in [0.717, 1.165) is 5.56 Å². The van der Waals surface area contributed by atoms with E-state index < -0.39 is 60.9 Å². The van der Waals surface area contributed by atoms with Crippen LogP contribution in [0.1, 0.15) is 35.6 Å².